The van der Waals surface area contributed by atoms with Crippen molar-refractivity contribution in [1.29, 1.82) is 0 Å². The molecule has 0 spiro atoms. The minimum Gasteiger partial charge on any atom is -0.496 e. The number of nitrogens with one attached hydrogen (secondary N) is 2. The van der Waals surface area contributed by atoms with Crippen molar-refractivity contribution in [2.45, 2.75) is 58.3 Å². The van der Waals surface area contributed by atoms with Crippen LogP contribution in [-0.2, 0) is 20.9 Å². The fourth-order valence-corrected chi connectivity index (χ4v) is 3.43. The average molecular weight is 405 g/mol. The van der Waals surface area contributed by atoms with Crippen LogP contribution in [-0.4, -0.2) is 54.4 Å². The van der Waals surface area contributed by atoms with Crippen LogP contribution in [0.2, 0.25) is 0 Å². The van der Waals surface area contributed by atoms with Gasteiger partial charge in [-0.15, -0.1) is 0 Å². The molecule has 1 aliphatic rings. The van der Waals surface area contributed by atoms with Crippen LogP contribution in [0, 0.1) is 5.92 Å². The molecule has 3 atom stereocenters. The molecule has 1 aromatic carbocycles. The zero-order chi connectivity index (χ0) is 21.6. The van der Waals surface area contributed by atoms with Gasteiger partial charge in [0.25, 0.3) is 0 Å². The second kappa shape index (κ2) is 10.2. The van der Waals surface area contributed by atoms with Gasteiger partial charge in [-0.05, 0) is 31.7 Å². The number of amides is 3. The summed E-state index contributed by atoms with van der Waals surface area (Å²) in [6, 6.07) is 5.49. The molecule has 0 aliphatic carbocycles. The van der Waals surface area contributed by atoms with Gasteiger partial charge in [0.2, 0.25) is 17.7 Å². The summed E-state index contributed by atoms with van der Waals surface area (Å²) in [5.41, 5.74) is 6.49. The van der Waals surface area contributed by atoms with Crippen LogP contribution >= 0.6 is 0 Å². The van der Waals surface area contributed by atoms with Gasteiger partial charge in [-0.2, -0.15) is 0 Å². The molecule has 29 heavy (non-hydrogen) atoms. The van der Waals surface area contributed by atoms with Crippen molar-refractivity contribution in [3.05, 3.63) is 29.8 Å². The molecule has 1 fully saturated rings. The van der Waals surface area contributed by atoms with Gasteiger partial charge in [-0.1, -0.05) is 32.0 Å². The lowest BCUT2D eigenvalue weighted by molar-refractivity contribution is -0.142. The summed E-state index contributed by atoms with van der Waals surface area (Å²) in [4.78, 5) is 39.5. The summed E-state index contributed by atoms with van der Waals surface area (Å²) in [5, 5.41) is 5.63. The Morgan fingerprint density at radius 1 is 1.24 bits per heavy atom. The first kappa shape index (κ1) is 22.7. The fourth-order valence-electron chi connectivity index (χ4n) is 3.43. The van der Waals surface area contributed by atoms with Crippen molar-refractivity contribution < 1.29 is 19.1 Å². The smallest absolute Gasteiger partial charge is 0.246 e. The number of nitrogens with two attached hydrogens (primary N) is 1. The minimum atomic E-state index is -0.712. The Balaban J connectivity index is 2.06. The van der Waals surface area contributed by atoms with E-state index >= 15 is 0 Å². The first-order valence-electron chi connectivity index (χ1n) is 10.0. The van der Waals surface area contributed by atoms with Crippen molar-refractivity contribution in [3.8, 4) is 5.75 Å². The minimum absolute atomic E-state index is 0.122. The summed E-state index contributed by atoms with van der Waals surface area (Å²) in [5.74, 6) is -0.256. The second-order valence-corrected chi connectivity index (χ2v) is 7.74. The van der Waals surface area contributed by atoms with E-state index in [2.05, 4.69) is 10.6 Å². The van der Waals surface area contributed by atoms with Crippen LogP contribution < -0.4 is 21.1 Å². The number of methoxy groups -OCH3 is 1. The largest absolute Gasteiger partial charge is 0.496 e. The molecule has 8 heteroatoms. The normalized spacial score (nSPS) is 18.3. The third-order valence-electron chi connectivity index (χ3n) is 5.13. The molecule has 0 radical (unpaired) electrons. The maximum absolute atomic E-state index is 13.1. The van der Waals surface area contributed by atoms with Crippen molar-refractivity contribution in [1.82, 2.24) is 15.5 Å². The number of benzene rings is 1. The maximum Gasteiger partial charge on any atom is 0.246 e. The molecule has 2 rings (SSSR count). The number of rotatable bonds is 8. The van der Waals surface area contributed by atoms with Crippen LogP contribution in [0.25, 0.3) is 0 Å². The first-order chi connectivity index (χ1) is 13.8. The molecule has 160 valence electrons. The van der Waals surface area contributed by atoms with E-state index in [1.165, 1.54) is 0 Å². The monoisotopic (exact) mass is 404 g/mol. The lowest BCUT2D eigenvalue weighted by Crippen LogP contribution is -2.56. The number of nitrogens with zero attached hydrogens (tertiary/aromatic N) is 1. The number of carbonyl (C=O) groups excluding carboxylic acids is 3. The highest BCUT2D eigenvalue weighted by Crippen LogP contribution is 2.21. The number of likely N-dealkylation sites (tertiary alicyclic amines) is 1. The van der Waals surface area contributed by atoms with Crippen LogP contribution in [0.15, 0.2) is 24.3 Å². The molecule has 1 aromatic rings. The topological polar surface area (TPSA) is 114 Å². The maximum atomic E-state index is 13.1. The highest BCUT2D eigenvalue weighted by molar-refractivity contribution is 5.93. The molecular formula is C21H32N4O4. The van der Waals surface area contributed by atoms with Crippen LogP contribution in [0.3, 0.4) is 0 Å². The van der Waals surface area contributed by atoms with Gasteiger partial charge in [0.1, 0.15) is 17.8 Å². The van der Waals surface area contributed by atoms with Crippen molar-refractivity contribution in [2.75, 3.05) is 13.7 Å². The number of ether oxygens (including phenoxy) is 1. The van der Waals surface area contributed by atoms with Crippen molar-refractivity contribution in [3.63, 3.8) is 0 Å². The predicted molar refractivity (Wildman–Crippen MR) is 110 cm³/mol. The van der Waals surface area contributed by atoms with E-state index in [1.807, 2.05) is 38.1 Å². The van der Waals surface area contributed by atoms with E-state index in [0.717, 1.165) is 12.0 Å². The van der Waals surface area contributed by atoms with Crippen LogP contribution in [0.1, 0.15) is 39.2 Å². The number of carbonyl (C=O) groups is 3. The average Bonchev–Trinajstić information content (AvgIpc) is 3.19. The van der Waals surface area contributed by atoms with E-state index < -0.39 is 18.1 Å². The third-order valence-corrected chi connectivity index (χ3v) is 5.13. The quantitative estimate of drug-likeness (QED) is 0.593. The standard InChI is InChI=1S/C21H32N4O4/c1-13(2)18(24-19(26)14(3)22)21(28)25-11-7-9-16(25)20(27)23-12-15-8-5-6-10-17(15)29-4/h5-6,8,10,13-14,16,18H,7,9,11-12,22H2,1-4H3,(H,23,27)(H,24,26)/t14-,16-,18-/m0/s1. The predicted octanol–water partition coefficient (Wildman–Crippen LogP) is 0.790. The lowest BCUT2D eigenvalue weighted by Gasteiger charge is -2.31. The fraction of sp³-hybridized carbons (Fsp3) is 0.571. The number of para-hydroxylation sites is 1. The van der Waals surface area contributed by atoms with Crippen molar-refractivity contribution >= 4 is 17.7 Å². The van der Waals surface area contributed by atoms with E-state index in [4.69, 9.17) is 10.5 Å². The summed E-state index contributed by atoms with van der Waals surface area (Å²) in [7, 11) is 1.58. The molecule has 0 bridgehead atoms. The zero-order valence-corrected chi connectivity index (χ0v) is 17.6. The molecule has 0 unspecified atom stereocenters. The van der Waals surface area contributed by atoms with Gasteiger partial charge in [-0.3, -0.25) is 14.4 Å². The molecular weight excluding hydrogens is 372 g/mol. The van der Waals surface area contributed by atoms with Gasteiger partial charge in [0.05, 0.1) is 13.2 Å². The van der Waals surface area contributed by atoms with Crippen LogP contribution in [0.5, 0.6) is 5.75 Å². The van der Waals surface area contributed by atoms with Gasteiger partial charge in [-0.25, -0.2) is 0 Å². The van der Waals surface area contributed by atoms with E-state index in [-0.39, 0.29) is 23.6 Å². The lowest BCUT2D eigenvalue weighted by atomic mass is 10.0. The van der Waals surface area contributed by atoms with E-state index in [9.17, 15) is 14.4 Å². The van der Waals surface area contributed by atoms with Crippen LogP contribution in [0.4, 0.5) is 0 Å². The Hall–Kier alpha value is -2.61. The Labute approximate surface area is 172 Å². The number of hydrogen-bond donors (Lipinski definition) is 3. The summed E-state index contributed by atoms with van der Waals surface area (Å²) in [6.45, 7) is 6.09. The number of hydrogen-bond acceptors (Lipinski definition) is 5. The molecule has 8 nitrogen and oxygen atoms in total. The zero-order valence-electron chi connectivity index (χ0n) is 17.6. The Morgan fingerprint density at radius 3 is 2.55 bits per heavy atom. The van der Waals surface area contributed by atoms with E-state index in [0.29, 0.717) is 25.3 Å². The Morgan fingerprint density at radius 2 is 1.93 bits per heavy atom. The summed E-state index contributed by atoms with van der Waals surface area (Å²) >= 11 is 0. The molecule has 3 amide bonds. The molecule has 0 aromatic heterocycles. The second-order valence-electron chi connectivity index (χ2n) is 7.74. The summed E-state index contributed by atoms with van der Waals surface area (Å²) < 4.78 is 5.31. The van der Waals surface area contributed by atoms with Gasteiger partial charge >= 0.3 is 0 Å². The molecule has 4 N–H and O–H groups in total. The van der Waals surface area contributed by atoms with Gasteiger partial charge < -0.3 is 26.0 Å². The summed E-state index contributed by atoms with van der Waals surface area (Å²) in [6.07, 6.45) is 1.33. The SMILES string of the molecule is COc1ccccc1CNC(=O)[C@@H]1CCCN1C(=O)[C@@H](NC(=O)[C@H](C)N)C(C)C. The first-order valence-corrected chi connectivity index (χ1v) is 10.0. The molecule has 1 aliphatic heterocycles. The molecule has 0 saturated carbocycles. The Kier molecular flexibility index (Phi) is 8.01. The third kappa shape index (κ3) is 5.69. The van der Waals surface area contributed by atoms with Crippen molar-refractivity contribution in [2.24, 2.45) is 11.7 Å². The van der Waals surface area contributed by atoms with E-state index in [1.54, 1.807) is 18.9 Å². The molecule has 1 heterocycles. The Bertz CT molecular complexity index is 735. The molecule has 1 saturated heterocycles. The highest BCUT2D eigenvalue weighted by Gasteiger charge is 2.38. The van der Waals surface area contributed by atoms with Gasteiger partial charge in [0, 0.05) is 18.7 Å². The highest BCUT2D eigenvalue weighted by atomic mass is 16.5. The van der Waals surface area contributed by atoms with Gasteiger partial charge in [0.15, 0.2) is 0 Å².